The molecule has 1 unspecified atom stereocenters. The van der Waals surface area contributed by atoms with Crippen LogP contribution in [0.3, 0.4) is 0 Å². The number of esters is 1. The minimum absolute atomic E-state index is 0.0644. The zero-order valence-electron chi connectivity index (χ0n) is 27.6. The Bertz CT molecular complexity index is 2100. The van der Waals surface area contributed by atoms with Crippen molar-refractivity contribution in [3.63, 3.8) is 0 Å². The summed E-state index contributed by atoms with van der Waals surface area (Å²) in [5.41, 5.74) is 4.36. The Labute approximate surface area is 312 Å². The molecule has 0 saturated heterocycles. The molecule has 4 aromatic carbocycles. The smallest absolute Gasteiger partial charge is 0.341 e. The topological polar surface area (TPSA) is 114 Å². The van der Waals surface area contributed by atoms with Crippen molar-refractivity contribution >= 4 is 79.5 Å². The van der Waals surface area contributed by atoms with Crippen LogP contribution in [-0.4, -0.2) is 36.6 Å². The number of hydrogen-bond donors (Lipinski definition) is 3. The van der Waals surface area contributed by atoms with Gasteiger partial charge in [0.2, 0.25) is 5.91 Å². The van der Waals surface area contributed by atoms with E-state index < -0.39 is 17.8 Å². The van der Waals surface area contributed by atoms with Crippen molar-refractivity contribution in [2.75, 3.05) is 23.5 Å². The molecule has 1 aromatic heterocycles. The molecule has 3 amide bonds. The standard InChI is InChI=1S/C40H34BrN3O5S2/c1-49-40(48)36-32-19-18-28(26-11-4-2-5-12-26)22-34(32)51-39(36)44-35(45)24-50-31-17-9-16-30(23-31)42-38(47)33(21-25-10-8-15-29(41)20-25)43-37(46)27-13-6-3-7-14-27/h2-17,20-21,23,28H,18-19,22,24H2,1H3,(H,42,47)(H,43,46)(H,44,45)/b33-21+. The number of anilines is 2. The van der Waals surface area contributed by atoms with E-state index in [4.69, 9.17) is 4.74 Å². The third-order valence-electron chi connectivity index (χ3n) is 8.33. The largest absolute Gasteiger partial charge is 0.465 e. The van der Waals surface area contributed by atoms with Crippen LogP contribution in [0.2, 0.25) is 0 Å². The number of amides is 3. The summed E-state index contributed by atoms with van der Waals surface area (Å²) in [6.45, 7) is 0. The first-order chi connectivity index (χ1) is 24.8. The van der Waals surface area contributed by atoms with Gasteiger partial charge in [0.1, 0.15) is 10.7 Å². The SMILES string of the molecule is COC(=O)c1c(NC(=O)CSc2cccc(NC(=O)/C(=C\c3cccc(Br)c3)NC(=O)c3ccccc3)c2)sc2c1CCC(c1ccccc1)C2. The van der Waals surface area contributed by atoms with E-state index in [1.54, 1.807) is 48.5 Å². The molecule has 0 bridgehead atoms. The van der Waals surface area contributed by atoms with Gasteiger partial charge in [-0.3, -0.25) is 14.4 Å². The quantitative estimate of drug-likeness (QED) is 0.0703. The van der Waals surface area contributed by atoms with Crippen molar-refractivity contribution in [3.8, 4) is 0 Å². The van der Waals surface area contributed by atoms with Crippen LogP contribution in [0, 0.1) is 0 Å². The van der Waals surface area contributed by atoms with E-state index in [0.29, 0.717) is 27.7 Å². The highest BCUT2D eigenvalue weighted by molar-refractivity contribution is 9.10. The predicted octanol–water partition coefficient (Wildman–Crippen LogP) is 8.71. The molecule has 8 nitrogen and oxygen atoms in total. The maximum atomic E-state index is 13.5. The Kier molecular flexibility index (Phi) is 11.8. The van der Waals surface area contributed by atoms with Gasteiger partial charge >= 0.3 is 5.97 Å². The molecule has 5 aromatic rings. The summed E-state index contributed by atoms with van der Waals surface area (Å²) in [5.74, 6) is -1.21. The molecule has 3 N–H and O–H groups in total. The fourth-order valence-corrected chi connectivity index (χ4v) is 8.38. The number of hydrogen-bond acceptors (Lipinski definition) is 7. The van der Waals surface area contributed by atoms with Gasteiger partial charge in [0, 0.05) is 25.5 Å². The molecule has 0 saturated carbocycles. The lowest BCUT2D eigenvalue weighted by Crippen LogP contribution is -2.30. The van der Waals surface area contributed by atoms with Gasteiger partial charge in [0.15, 0.2) is 0 Å². The van der Waals surface area contributed by atoms with Crippen LogP contribution < -0.4 is 16.0 Å². The van der Waals surface area contributed by atoms with Gasteiger partial charge in [-0.05, 0) is 90.4 Å². The average molecular weight is 781 g/mol. The molecule has 1 aliphatic carbocycles. The van der Waals surface area contributed by atoms with Crippen molar-refractivity contribution < 1.29 is 23.9 Å². The molecule has 0 fully saturated rings. The van der Waals surface area contributed by atoms with Crippen LogP contribution in [0.4, 0.5) is 10.7 Å². The first-order valence-electron chi connectivity index (χ1n) is 16.2. The van der Waals surface area contributed by atoms with E-state index in [1.807, 2.05) is 54.6 Å². The number of fused-ring (bicyclic) bond motifs is 1. The molecule has 1 atom stereocenters. The number of halogens is 1. The summed E-state index contributed by atoms with van der Waals surface area (Å²) < 4.78 is 5.94. The number of thioether (sulfide) groups is 1. The number of methoxy groups -OCH3 is 1. The van der Waals surface area contributed by atoms with Crippen LogP contribution in [0.5, 0.6) is 0 Å². The second-order valence-corrected chi connectivity index (χ2v) is 14.9. The van der Waals surface area contributed by atoms with Crippen LogP contribution in [0.25, 0.3) is 6.08 Å². The van der Waals surface area contributed by atoms with Gasteiger partial charge in [-0.25, -0.2) is 4.79 Å². The van der Waals surface area contributed by atoms with Gasteiger partial charge in [-0.15, -0.1) is 23.1 Å². The minimum Gasteiger partial charge on any atom is -0.465 e. The number of thiophene rings is 1. The third-order valence-corrected chi connectivity index (χ3v) is 11.0. The predicted molar refractivity (Wildman–Crippen MR) is 207 cm³/mol. The van der Waals surface area contributed by atoms with Crippen LogP contribution in [-0.2, 0) is 27.2 Å². The van der Waals surface area contributed by atoms with Crippen LogP contribution in [0.1, 0.15) is 54.6 Å². The number of nitrogens with one attached hydrogen (secondary N) is 3. The van der Waals surface area contributed by atoms with Gasteiger partial charge in [0.25, 0.3) is 11.8 Å². The fraction of sp³-hybridized carbons (Fsp3) is 0.150. The van der Waals surface area contributed by atoms with E-state index in [1.165, 1.54) is 35.8 Å². The number of ether oxygens (including phenoxy) is 1. The average Bonchev–Trinajstić information content (AvgIpc) is 3.51. The van der Waals surface area contributed by atoms with E-state index in [9.17, 15) is 19.2 Å². The van der Waals surface area contributed by atoms with Crippen LogP contribution >= 0.6 is 39.0 Å². The lowest BCUT2D eigenvalue weighted by Gasteiger charge is -2.22. The van der Waals surface area contributed by atoms with Gasteiger partial charge < -0.3 is 20.7 Å². The Morgan fingerprint density at radius 1 is 0.902 bits per heavy atom. The summed E-state index contributed by atoms with van der Waals surface area (Å²) in [6.07, 6.45) is 4.05. The van der Waals surface area contributed by atoms with E-state index in [-0.39, 0.29) is 17.4 Å². The van der Waals surface area contributed by atoms with Gasteiger partial charge in [0.05, 0.1) is 18.4 Å². The highest BCUT2D eigenvalue weighted by Gasteiger charge is 2.30. The zero-order chi connectivity index (χ0) is 35.7. The minimum atomic E-state index is -0.509. The Hall–Kier alpha value is -4.97. The summed E-state index contributed by atoms with van der Waals surface area (Å²) in [7, 11) is 1.35. The number of benzene rings is 4. The first-order valence-corrected chi connectivity index (χ1v) is 18.8. The van der Waals surface area contributed by atoms with Crippen molar-refractivity contribution in [3.05, 3.63) is 152 Å². The molecule has 51 heavy (non-hydrogen) atoms. The maximum absolute atomic E-state index is 13.5. The molecule has 0 spiro atoms. The van der Waals surface area contributed by atoms with Crippen molar-refractivity contribution in [1.29, 1.82) is 0 Å². The molecule has 11 heteroatoms. The van der Waals surface area contributed by atoms with Crippen molar-refractivity contribution in [2.24, 2.45) is 0 Å². The molecule has 0 radical (unpaired) electrons. The number of carbonyl (C=O) groups is 4. The fourth-order valence-electron chi connectivity index (χ4n) is 5.88. The maximum Gasteiger partial charge on any atom is 0.341 e. The molecular weight excluding hydrogens is 746 g/mol. The summed E-state index contributed by atoms with van der Waals surface area (Å²) in [4.78, 5) is 54.5. The lowest BCUT2D eigenvalue weighted by molar-refractivity contribution is -0.114. The highest BCUT2D eigenvalue weighted by Crippen LogP contribution is 2.43. The summed E-state index contributed by atoms with van der Waals surface area (Å²) in [6, 6.07) is 33.5. The molecule has 6 rings (SSSR count). The molecular formula is C40H34BrN3O5S2. The monoisotopic (exact) mass is 779 g/mol. The van der Waals surface area contributed by atoms with Crippen molar-refractivity contribution in [1.82, 2.24) is 5.32 Å². The molecule has 1 aliphatic rings. The second-order valence-electron chi connectivity index (χ2n) is 11.8. The second kappa shape index (κ2) is 16.8. The van der Waals surface area contributed by atoms with Gasteiger partial charge in [-0.2, -0.15) is 0 Å². The third kappa shape index (κ3) is 9.23. The summed E-state index contributed by atoms with van der Waals surface area (Å²) >= 11 is 6.19. The number of rotatable bonds is 11. The van der Waals surface area contributed by atoms with E-state index in [0.717, 1.165) is 44.6 Å². The highest BCUT2D eigenvalue weighted by atomic mass is 79.9. The Morgan fingerprint density at radius 3 is 2.39 bits per heavy atom. The van der Waals surface area contributed by atoms with Crippen LogP contribution in [0.15, 0.2) is 124 Å². The van der Waals surface area contributed by atoms with E-state index in [2.05, 4.69) is 44.0 Å². The Morgan fingerprint density at radius 2 is 1.65 bits per heavy atom. The van der Waals surface area contributed by atoms with Crippen molar-refractivity contribution in [2.45, 2.75) is 30.1 Å². The normalized spacial score (nSPS) is 13.8. The van der Waals surface area contributed by atoms with Gasteiger partial charge in [-0.1, -0.05) is 82.7 Å². The van der Waals surface area contributed by atoms with E-state index >= 15 is 0 Å². The lowest BCUT2D eigenvalue weighted by atomic mass is 9.83. The first kappa shape index (κ1) is 35.8. The summed E-state index contributed by atoms with van der Waals surface area (Å²) in [5, 5.41) is 9.10. The molecule has 1 heterocycles. The molecule has 258 valence electrons. The molecule has 0 aliphatic heterocycles. The number of carbonyl (C=O) groups excluding carboxylic acids is 4. The zero-order valence-corrected chi connectivity index (χ0v) is 30.8. The Balaban J connectivity index is 1.12.